The number of benzene rings is 1. The number of methoxy groups -OCH3 is 1. The Morgan fingerprint density at radius 1 is 1.37 bits per heavy atom. The van der Waals surface area contributed by atoms with E-state index >= 15 is 0 Å². The highest BCUT2D eigenvalue weighted by Gasteiger charge is 2.27. The Labute approximate surface area is 164 Å². The first kappa shape index (κ1) is 17.8. The topological polar surface area (TPSA) is 67.6 Å². The van der Waals surface area contributed by atoms with Crippen LogP contribution in [-0.2, 0) is 0 Å². The highest BCUT2D eigenvalue weighted by molar-refractivity contribution is 8.03. The normalized spacial score (nSPS) is 16.5. The van der Waals surface area contributed by atoms with Crippen LogP contribution in [0.3, 0.4) is 0 Å². The monoisotopic (exact) mass is 401 g/mol. The molecule has 1 atom stereocenters. The zero-order valence-corrected chi connectivity index (χ0v) is 16.2. The molecule has 0 amide bonds. The average molecular weight is 402 g/mol. The lowest BCUT2D eigenvalue weighted by molar-refractivity contribution is 0.413. The van der Waals surface area contributed by atoms with Gasteiger partial charge in [-0.15, -0.1) is 0 Å². The summed E-state index contributed by atoms with van der Waals surface area (Å²) in [5, 5.41) is 6.50. The van der Waals surface area contributed by atoms with Gasteiger partial charge in [0.05, 0.1) is 35.3 Å². The molecule has 0 radical (unpaired) electrons. The van der Waals surface area contributed by atoms with Gasteiger partial charge in [0.15, 0.2) is 11.1 Å². The van der Waals surface area contributed by atoms with Gasteiger partial charge in [-0.3, -0.25) is 4.98 Å². The Kier molecular flexibility index (Phi) is 4.72. The second-order valence-electron chi connectivity index (χ2n) is 5.93. The van der Waals surface area contributed by atoms with E-state index in [1.54, 1.807) is 43.4 Å². The number of thioether (sulfide) groups is 1. The van der Waals surface area contributed by atoms with Crippen molar-refractivity contribution < 1.29 is 9.15 Å². The Morgan fingerprint density at radius 2 is 2.22 bits per heavy atom. The standard InChI is InChI=1S/C19H16ClN3O3S/c1-23-15(10-27-19(23)22-14-9-21-7-6-16(14)25-2)12-8-11-4-3-5-13(20)17(11)26-18(12)24/h3-10,19,22H,1-2H3. The van der Waals surface area contributed by atoms with Gasteiger partial charge in [0, 0.05) is 24.7 Å². The van der Waals surface area contributed by atoms with Gasteiger partial charge >= 0.3 is 5.63 Å². The number of pyridine rings is 1. The van der Waals surface area contributed by atoms with Gasteiger partial charge in [0.2, 0.25) is 0 Å². The van der Waals surface area contributed by atoms with Gasteiger partial charge < -0.3 is 19.4 Å². The fourth-order valence-corrected chi connectivity index (χ4v) is 4.17. The van der Waals surface area contributed by atoms with Gasteiger partial charge in [-0.2, -0.15) is 0 Å². The average Bonchev–Trinajstić information content (AvgIpc) is 3.03. The molecule has 3 heterocycles. The number of halogens is 1. The maximum Gasteiger partial charge on any atom is 0.345 e. The summed E-state index contributed by atoms with van der Waals surface area (Å²) >= 11 is 7.67. The Hall–Kier alpha value is -2.64. The number of anilines is 1. The molecule has 0 aliphatic carbocycles. The third kappa shape index (κ3) is 3.24. The van der Waals surface area contributed by atoms with Crippen molar-refractivity contribution in [3.8, 4) is 5.75 Å². The van der Waals surface area contributed by atoms with Crippen LogP contribution >= 0.6 is 23.4 Å². The van der Waals surface area contributed by atoms with Crippen molar-refractivity contribution in [3.05, 3.63) is 69.1 Å². The van der Waals surface area contributed by atoms with Crippen LogP contribution in [0.5, 0.6) is 5.75 Å². The molecule has 1 aliphatic rings. The van der Waals surface area contributed by atoms with Crippen LogP contribution in [-0.4, -0.2) is 29.5 Å². The smallest absolute Gasteiger partial charge is 0.345 e. The van der Waals surface area contributed by atoms with Crippen LogP contribution in [0.15, 0.2) is 57.3 Å². The SMILES string of the molecule is COc1ccncc1NC1SC=C(c2cc3cccc(Cl)c3oc2=O)N1C. The molecule has 1 aliphatic heterocycles. The Bertz CT molecular complexity index is 1100. The van der Waals surface area contributed by atoms with Crippen molar-refractivity contribution in [2.24, 2.45) is 0 Å². The summed E-state index contributed by atoms with van der Waals surface area (Å²) in [6, 6.07) is 8.99. The summed E-state index contributed by atoms with van der Waals surface area (Å²) in [5.41, 5.74) is 1.90. The van der Waals surface area contributed by atoms with Gasteiger partial charge in [-0.25, -0.2) is 4.79 Å². The predicted molar refractivity (Wildman–Crippen MR) is 109 cm³/mol. The third-order valence-electron chi connectivity index (χ3n) is 4.31. The molecule has 0 spiro atoms. The van der Waals surface area contributed by atoms with E-state index in [2.05, 4.69) is 10.3 Å². The van der Waals surface area contributed by atoms with E-state index in [1.807, 2.05) is 35.6 Å². The summed E-state index contributed by atoms with van der Waals surface area (Å²) < 4.78 is 10.8. The molecule has 0 saturated carbocycles. The quantitative estimate of drug-likeness (QED) is 0.656. The zero-order valence-electron chi connectivity index (χ0n) is 14.6. The molecule has 0 fully saturated rings. The van der Waals surface area contributed by atoms with Crippen molar-refractivity contribution in [2.45, 2.75) is 5.50 Å². The molecule has 1 aromatic carbocycles. The number of ether oxygens (including phenoxy) is 1. The molecule has 8 heteroatoms. The first-order chi connectivity index (χ1) is 13.1. The van der Waals surface area contributed by atoms with Crippen molar-refractivity contribution in [1.29, 1.82) is 0 Å². The fraction of sp³-hybridized carbons (Fsp3) is 0.158. The molecule has 2 aromatic heterocycles. The van der Waals surface area contributed by atoms with E-state index in [0.29, 0.717) is 21.9 Å². The van der Waals surface area contributed by atoms with E-state index in [0.717, 1.165) is 16.8 Å². The van der Waals surface area contributed by atoms with Gasteiger partial charge in [-0.05, 0) is 17.5 Å². The van der Waals surface area contributed by atoms with E-state index in [9.17, 15) is 4.79 Å². The largest absolute Gasteiger partial charge is 0.494 e. The molecule has 4 rings (SSSR count). The van der Waals surface area contributed by atoms with Crippen LogP contribution in [0.1, 0.15) is 5.56 Å². The second kappa shape index (κ2) is 7.17. The summed E-state index contributed by atoms with van der Waals surface area (Å²) in [7, 11) is 3.52. The van der Waals surface area contributed by atoms with Crippen molar-refractivity contribution in [2.75, 3.05) is 19.5 Å². The number of nitrogens with zero attached hydrogens (tertiary/aromatic N) is 2. The zero-order chi connectivity index (χ0) is 19.0. The Balaban J connectivity index is 1.64. The minimum absolute atomic E-state index is 0.118. The first-order valence-corrected chi connectivity index (χ1v) is 9.46. The predicted octanol–water partition coefficient (Wildman–Crippen LogP) is 4.22. The van der Waals surface area contributed by atoms with Crippen molar-refractivity contribution in [1.82, 2.24) is 9.88 Å². The highest BCUT2D eigenvalue weighted by atomic mass is 35.5. The molecule has 3 aromatic rings. The summed E-state index contributed by atoms with van der Waals surface area (Å²) in [5.74, 6) is 0.701. The summed E-state index contributed by atoms with van der Waals surface area (Å²) in [4.78, 5) is 18.6. The minimum Gasteiger partial charge on any atom is -0.494 e. The number of rotatable bonds is 4. The molecule has 0 bridgehead atoms. The molecule has 0 saturated heterocycles. The minimum atomic E-state index is -0.422. The molecule has 138 valence electrons. The summed E-state index contributed by atoms with van der Waals surface area (Å²) in [6.45, 7) is 0. The highest BCUT2D eigenvalue weighted by Crippen LogP contribution is 2.37. The second-order valence-corrected chi connectivity index (χ2v) is 7.29. The van der Waals surface area contributed by atoms with E-state index in [4.69, 9.17) is 20.8 Å². The third-order valence-corrected chi connectivity index (χ3v) is 5.66. The molecule has 27 heavy (non-hydrogen) atoms. The number of hydrogen-bond donors (Lipinski definition) is 1. The summed E-state index contributed by atoms with van der Waals surface area (Å²) in [6.07, 6.45) is 3.38. The van der Waals surface area contributed by atoms with E-state index in [-0.39, 0.29) is 5.50 Å². The van der Waals surface area contributed by atoms with Gasteiger partial charge in [-0.1, -0.05) is 35.5 Å². The van der Waals surface area contributed by atoms with Crippen LogP contribution in [0.2, 0.25) is 5.02 Å². The lowest BCUT2D eigenvalue weighted by Crippen LogP contribution is -2.31. The number of fused-ring (bicyclic) bond motifs is 1. The first-order valence-electron chi connectivity index (χ1n) is 8.14. The van der Waals surface area contributed by atoms with Crippen LogP contribution in [0.25, 0.3) is 16.7 Å². The molecule has 6 nitrogen and oxygen atoms in total. The van der Waals surface area contributed by atoms with Crippen LogP contribution < -0.4 is 15.7 Å². The lowest BCUT2D eigenvalue weighted by atomic mass is 10.1. The molecular weight excluding hydrogens is 386 g/mol. The Morgan fingerprint density at radius 3 is 3.04 bits per heavy atom. The maximum absolute atomic E-state index is 12.5. The van der Waals surface area contributed by atoms with E-state index in [1.165, 1.54) is 0 Å². The van der Waals surface area contributed by atoms with Crippen LogP contribution in [0.4, 0.5) is 5.69 Å². The maximum atomic E-state index is 12.5. The number of hydrogen-bond acceptors (Lipinski definition) is 7. The van der Waals surface area contributed by atoms with Crippen molar-refractivity contribution >= 4 is 45.7 Å². The van der Waals surface area contributed by atoms with Gasteiger partial charge in [0.1, 0.15) is 5.75 Å². The molecule has 1 unspecified atom stereocenters. The number of para-hydroxylation sites is 1. The number of nitrogens with one attached hydrogen (secondary N) is 1. The van der Waals surface area contributed by atoms with Crippen molar-refractivity contribution in [3.63, 3.8) is 0 Å². The fourth-order valence-electron chi connectivity index (χ4n) is 2.90. The van der Waals surface area contributed by atoms with E-state index < -0.39 is 5.63 Å². The van der Waals surface area contributed by atoms with Gasteiger partial charge in [0.25, 0.3) is 0 Å². The molecule has 1 N–H and O–H groups in total. The van der Waals surface area contributed by atoms with Crippen LogP contribution in [0, 0.1) is 0 Å². The number of aromatic nitrogens is 1. The molecular formula is C19H16ClN3O3S. The lowest BCUT2D eigenvalue weighted by Gasteiger charge is -2.26.